The van der Waals surface area contributed by atoms with Crippen LogP contribution >= 0.6 is 11.8 Å². The molecule has 1 heterocycles. The molecule has 0 saturated carbocycles. The first-order valence-electron chi connectivity index (χ1n) is 9.16. The number of hydrogen-bond acceptors (Lipinski definition) is 5. The molecular formula is C21H26N2O3S. The second-order valence-corrected chi connectivity index (χ2v) is 7.62. The maximum Gasteiger partial charge on any atom is 0.221 e. The largest absolute Gasteiger partial charge is 0.493 e. The number of hydrogen-bond donors (Lipinski definition) is 2. The quantitative estimate of drug-likeness (QED) is 0.730. The van der Waals surface area contributed by atoms with Crippen LogP contribution in [0, 0.1) is 0 Å². The normalized spacial score (nSPS) is 16.6. The van der Waals surface area contributed by atoms with Gasteiger partial charge in [-0.05, 0) is 23.3 Å². The fraction of sp³-hybridized carbons (Fsp3) is 0.381. The summed E-state index contributed by atoms with van der Waals surface area (Å²) in [7, 11) is 1.62. The molecular weight excluding hydrogens is 360 g/mol. The van der Waals surface area contributed by atoms with Crippen molar-refractivity contribution in [3.05, 3.63) is 59.7 Å². The van der Waals surface area contributed by atoms with Gasteiger partial charge in [0.1, 0.15) is 6.61 Å². The molecule has 1 unspecified atom stereocenters. The van der Waals surface area contributed by atoms with E-state index in [2.05, 4.69) is 10.6 Å². The van der Waals surface area contributed by atoms with Gasteiger partial charge in [-0.25, -0.2) is 0 Å². The maximum absolute atomic E-state index is 12.1. The Morgan fingerprint density at radius 1 is 1.19 bits per heavy atom. The standard InChI is InChI=1S/C21H26N2O3S/c1-25-20-11-17(13-23-21(24)12-18-15-27-10-9-22-18)7-8-19(20)26-14-16-5-3-2-4-6-16/h2-8,11,18,22H,9-10,12-15H2,1H3,(H,23,24). The van der Waals surface area contributed by atoms with Crippen molar-refractivity contribution in [2.45, 2.75) is 25.6 Å². The first kappa shape index (κ1) is 19.6. The molecule has 1 aliphatic rings. The number of carbonyl (C=O) groups is 1. The molecule has 1 aliphatic heterocycles. The number of rotatable bonds is 8. The molecule has 2 aromatic carbocycles. The molecule has 3 rings (SSSR count). The molecule has 1 amide bonds. The lowest BCUT2D eigenvalue weighted by molar-refractivity contribution is -0.121. The number of amides is 1. The van der Waals surface area contributed by atoms with Gasteiger partial charge < -0.3 is 20.1 Å². The van der Waals surface area contributed by atoms with E-state index in [0.717, 1.165) is 29.2 Å². The van der Waals surface area contributed by atoms with Gasteiger partial charge in [0.15, 0.2) is 11.5 Å². The highest BCUT2D eigenvalue weighted by Crippen LogP contribution is 2.28. The van der Waals surface area contributed by atoms with Crippen LogP contribution in [0.1, 0.15) is 17.5 Å². The summed E-state index contributed by atoms with van der Waals surface area (Å²) in [5, 5.41) is 6.37. The summed E-state index contributed by atoms with van der Waals surface area (Å²) in [5.74, 6) is 3.55. The molecule has 0 aromatic heterocycles. The first-order chi connectivity index (χ1) is 13.2. The van der Waals surface area contributed by atoms with Crippen molar-refractivity contribution >= 4 is 17.7 Å². The molecule has 2 N–H and O–H groups in total. The minimum absolute atomic E-state index is 0.0679. The van der Waals surface area contributed by atoms with E-state index in [-0.39, 0.29) is 11.9 Å². The van der Waals surface area contributed by atoms with Crippen LogP contribution in [0.25, 0.3) is 0 Å². The Balaban J connectivity index is 1.51. The molecule has 0 spiro atoms. The van der Waals surface area contributed by atoms with Crippen LogP contribution in [0.2, 0.25) is 0 Å². The Bertz CT molecular complexity index is 733. The lowest BCUT2D eigenvalue weighted by Gasteiger charge is -2.22. The van der Waals surface area contributed by atoms with E-state index in [1.807, 2.05) is 60.3 Å². The highest BCUT2D eigenvalue weighted by molar-refractivity contribution is 7.99. The summed E-state index contributed by atoms with van der Waals surface area (Å²) >= 11 is 1.90. The van der Waals surface area contributed by atoms with Gasteiger partial charge >= 0.3 is 0 Å². The molecule has 0 bridgehead atoms. The third-order valence-electron chi connectivity index (χ3n) is 4.39. The van der Waals surface area contributed by atoms with Gasteiger partial charge in [-0.15, -0.1) is 0 Å². The van der Waals surface area contributed by atoms with E-state index in [9.17, 15) is 4.79 Å². The molecule has 2 aromatic rings. The summed E-state index contributed by atoms with van der Waals surface area (Å²) < 4.78 is 11.3. The minimum Gasteiger partial charge on any atom is -0.493 e. The second-order valence-electron chi connectivity index (χ2n) is 6.47. The molecule has 6 heteroatoms. The van der Waals surface area contributed by atoms with Crippen LogP contribution in [0.4, 0.5) is 0 Å². The average Bonchev–Trinajstić information content (AvgIpc) is 2.72. The van der Waals surface area contributed by atoms with E-state index >= 15 is 0 Å². The van der Waals surface area contributed by atoms with Gasteiger partial charge in [-0.3, -0.25) is 4.79 Å². The van der Waals surface area contributed by atoms with Gasteiger partial charge in [0.05, 0.1) is 7.11 Å². The number of carbonyl (C=O) groups excluding carboxylic acids is 1. The number of ether oxygens (including phenoxy) is 2. The third-order valence-corrected chi connectivity index (χ3v) is 5.52. The van der Waals surface area contributed by atoms with Crippen LogP contribution in [-0.4, -0.2) is 37.1 Å². The summed E-state index contributed by atoms with van der Waals surface area (Å²) in [5.41, 5.74) is 2.09. The molecule has 0 aliphatic carbocycles. The molecule has 1 saturated heterocycles. The van der Waals surface area contributed by atoms with Gasteiger partial charge in [0.25, 0.3) is 0 Å². The second kappa shape index (κ2) is 10.2. The zero-order chi connectivity index (χ0) is 18.9. The highest BCUT2D eigenvalue weighted by Gasteiger charge is 2.16. The number of nitrogens with one attached hydrogen (secondary N) is 2. The van der Waals surface area contributed by atoms with E-state index in [0.29, 0.717) is 31.1 Å². The van der Waals surface area contributed by atoms with Crippen LogP contribution in [0.3, 0.4) is 0 Å². The minimum atomic E-state index is 0.0679. The fourth-order valence-corrected chi connectivity index (χ4v) is 3.87. The SMILES string of the molecule is COc1cc(CNC(=O)CC2CSCCN2)ccc1OCc1ccccc1. The van der Waals surface area contributed by atoms with Crippen molar-refractivity contribution in [2.24, 2.45) is 0 Å². The summed E-state index contributed by atoms with van der Waals surface area (Å²) in [6.45, 7) is 1.94. The predicted molar refractivity (Wildman–Crippen MR) is 109 cm³/mol. The van der Waals surface area contributed by atoms with Crippen molar-refractivity contribution in [3.63, 3.8) is 0 Å². The predicted octanol–water partition coefficient (Wildman–Crippen LogP) is 2.99. The van der Waals surface area contributed by atoms with Gasteiger partial charge in [0, 0.05) is 37.1 Å². The third kappa shape index (κ3) is 6.19. The molecule has 5 nitrogen and oxygen atoms in total. The highest BCUT2D eigenvalue weighted by atomic mass is 32.2. The maximum atomic E-state index is 12.1. The van der Waals surface area contributed by atoms with Gasteiger partial charge in [-0.1, -0.05) is 36.4 Å². The number of methoxy groups -OCH3 is 1. The first-order valence-corrected chi connectivity index (χ1v) is 10.3. The summed E-state index contributed by atoms with van der Waals surface area (Å²) in [6.07, 6.45) is 0.516. The van der Waals surface area contributed by atoms with E-state index in [1.165, 1.54) is 0 Å². The van der Waals surface area contributed by atoms with Crippen LogP contribution in [0.5, 0.6) is 11.5 Å². The molecule has 144 valence electrons. The lowest BCUT2D eigenvalue weighted by Crippen LogP contribution is -2.41. The van der Waals surface area contributed by atoms with E-state index < -0.39 is 0 Å². The summed E-state index contributed by atoms with van der Waals surface area (Å²) in [4.78, 5) is 12.1. The van der Waals surface area contributed by atoms with Gasteiger partial charge in [0.2, 0.25) is 5.91 Å². The van der Waals surface area contributed by atoms with Crippen molar-refractivity contribution < 1.29 is 14.3 Å². The Kier molecular flexibility index (Phi) is 7.42. The Morgan fingerprint density at radius 3 is 2.78 bits per heavy atom. The Hall–Kier alpha value is -2.18. The van der Waals surface area contributed by atoms with Crippen LogP contribution < -0.4 is 20.1 Å². The topological polar surface area (TPSA) is 59.6 Å². The van der Waals surface area contributed by atoms with E-state index in [4.69, 9.17) is 9.47 Å². The van der Waals surface area contributed by atoms with Crippen molar-refractivity contribution in [1.82, 2.24) is 10.6 Å². The molecule has 27 heavy (non-hydrogen) atoms. The molecule has 1 fully saturated rings. The smallest absolute Gasteiger partial charge is 0.221 e. The van der Waals surface area contributed by atoms with Crippen molar-refractivity contribution in [1.29, 1.82) is 0 Å². The zero-order valence-corrected chi connectivity index (χ0v) is 16.4. The number of benzene rings is 2. The van der Waals surface area contributed by atoms with E-state index in [1.54, 1.807) is 7.11 Å². The molecule has 0 radical (unpaired) electrons. The Morgan fingerprint density at radius 2 is 2.04 bits per heavy atom. The zero-order valence-electron chi connectivity index (χ0n) is 15.6. The lowest BCUT2D eigenvalue weighted by atomic mass is 10.1. The Labute approximate surface area is 164 Å². The van der Waals surface area contributed by atoms with Gasteiger partial charge in [-0.2, -0.15) is 11.8 Å². The van der Waals surface area contributed by atoms with Crippen molar-refractivity contribution in [2.75, 3.05) is 25.2 Å². The monoisotopic (exact) mass is 386 g/mol. The summed E-state index contributed by atoms with van der Waals surface area (Å²) in [6, 6.07) is 16.0. The number of thioether (sulfide) groups is 1. The van der Waals surface area contributed by atoms with Crippen molar-refractivity contribution in [3.8, 4) is 11.5 Å². The van der Waals surface area contributed by atoms with Crippen LogP contribution in [0.15, 0.2) is 48.5 Å². The molecule has 1 atom stereocenters. The van der Waals surface area contributed by atoms with Crippen LogP contribution in [-0.2, 0) is 17.9 Å². The fourth-order valence-electron chi connectivity index (χ4n) is 2.92. The average molecular weight is 387 g/mol.